The predicted octanol–water partition coefficient (Wildman–Crippen LogP) is 0.762. The molecule has 0 spiro atoms. The minimum Gasteiger partial charge on any atom is -0.463 e. The molecule has 0 aromatic carbocycles. The first kappa shape index (κ1) is 14.2. The third kappa shape index (κ3) is 3.89. The third-order valence-electron chi connectivity index (χ3n) is 2.50. The summed E-state index contributed by atoms with van der Waals surface area (Å²) in [7, 11) is 1.29. The fourth-order valence-corrected chi connectivity index (χ4v) is 1.49. The van der Waals surface area contributed by atoms with Gasteiger partial charge >= 0.3 is 5.97 Å². The Morgan fingerprint density at radius 1 is 1.44 bits per heavy atom. The van der Waals surface area contributed by atoms with Gasteiger partial charge in [-0.25, -0.2) is 4.79 Å². The van der Waals surface area contributed by atoms with Crippen LogP contribution in [0.15, 0.2) is 16.5 Å². The number of hydrogen-bond acceptors (Lipinski definition) is 5. The largest absolute Gasteiger partial charge is 0.463 e. The molecule has 6 heteroatoms. The van der Waals surface area contributed by atoms with Gasteiger partial charge < -0.3 is 14.9 Å². The van der Waals surface area contributed by atoms with Crippen LogP contribution in [-0.2, 0) is 16.1 Å². The van der Waals surface area contributed by atoms with Gasteiger partial charge in [-0.1, -0.05) is 0 Å². The second-order valence-corrected chi connectivity index (χ2v) is 4.22. The van der Waals surface area contributed by atoms with E-state index in [4.69, 9.17) is 10.2 Å². The van der Waals surface area contributed by atoms with E-state index < -0.39 is 11.9 Å². The first-order valence-corrected chi connectivity index (χ1v) is 5.63. The number of carbonyl (C=O) groups is 2. The third-order valence-corrected chi connectivity index (χ3v) is 2.50. The van der Waals surface area contributed by atoms with Crippen LogP contribution < -0.4 is 5.73 Å². The van der Waals surface area contributed by atoms with Crippen LogP contribution in [0.5, 0.6) is 0 Å². The van der Waals surface area contributed by atoms with Crippen molar-refractivity contribution in [1.82, 2.24) is 4.90 Å². The molecule has 0 saturated heterocycles. The van der Waals surface area contributed by atoms with Gasteiger partial charge in [0.1, 0.15) is 5.76 Å². The molecule has 6 nitrogen and oxygen atoms in total. The normalized spacial score (nSPS) is 10.9. The molecule has 1 amide bonds. The molecule has 0 bridgehead atoms. The van der Waals surface area contributed by atoms with E-state index in [1.807, 2.05) is 18.7 Å². The van der Waals surface area contributed by atoms with Crippen LogP contribution in [0.25, 0.3) is 0 Å². The van der Waals surface area contributed by atoms with E-state index in [9.17, 15) is 9.59 Å². The number of esters is 1. The average molecular weight is 254 g/mol. The maximum atomic E-state index is 11.2. The van der Waals surface area contributed by atoms with Crippen LogP contribution in [0.3, 0.4) is 0 Å². The number of amides is 1. The Morgan fingerprint density at radius 2 is 2.11 bits per heavy atom. The molecule has 1 heterocycles. The Kier molecular flexibility index (Phi) is 4.91. The van der Waals surface area contributed by atoms with Crippen LogP contribution in [0.1, 0.15) is 30.2 Å². The van der Waals surface area contributed by atoms with Crippen molar-refractivity contribution in [1.29, 1.82) is 0 Å². The second-order valence-electron chi connectivity index (χ2n) is 4.22. The second kappa shape index (κ2) is 6.20. The summed E-state index contributed by atoms with van der Waals surface area (Å²) in [6, 6.07) is 3.37. The first-order chi connectivity index (χ1) is 8.43. The molecule has 0 aliphatic heterocycles. The first-order valence-electron chi connectivity index (χ1n) is 5.63. The van der Waals surface area contributed by atoms with Gasteiger partial charge in [0, 0.05) is 6.04 Å². The van der Waals surface area contributed by atoms with Gasteiger partial charge in [-0.2, -0.15) is 0 Å². The Labute approximate surface area is 106 Å². The van der Waals surface area contributed by atoms with Crippen molar-refractivity contribution in [2.24, 2.45) is 5.73 Å². The van der Waals surface area contributed by atoms with E-state index in [2.05, 4.69) is 4.74 Å². The van der Waals surface area contributed by atoms with Crippen LogP contribution in [0.4, 0.5) is 0 Å². The summed E-state index contributed by atoms with van der Waals surface area (Å²) < 4.78 is 9.88. The molecule has 0 saturated carbocycles. The van der Waals surface area contributed by atoms with Crippen LogP contribution in [0.2, 0.25) is 0 Å². The monoisotopic (exact) mass is 254 g/mol. The van der Waals surface area contributed by atoms with Crippen LogP contribution in [0, 0.1) is 0 Å². The Morgan fingerprint density at radius 3 is 2.61 bits per heavy atom. The predicted molar refractivity (Wildman–Crippen MR) is 64.8 cm³/mol. The maximum absolute atomic E-state index is 11.2. The summed E-state index contributed by atoms with van der Waals surface area (Å²) in [5, 5.41) is 0. The number of hydrogen-bond donors (Lipinski definition) is 1. The summed E-state index contributed by atoms with van der Waals surface area (Å²) in [6.45, 7) is 4.46. The number of ether oxygens (including phenoxy) is 1. The van der Waals surface area contributed by atoms with Gasteiger partial charge in [0.2, 0.25) is 11.7 Å². The number of nitrogens with two attached hydrogens (primary N) is 1. The van der Waals surface area contributed by atoms with Crippen molar-refractivity contribution in [2.45, 2.75) is 26.4 Å². The standard InChI is InChI=1S/C12H18N2O4/c1-8(2)14(7-11(13)15)6-9-4-5-10(18-9)12(16)17-3/h4-5,8H,6-7H2,1-3H3,(H2,13,15). The van der Waals surface area contributed by atoms with E-state index in [1.54, 1.807) is 12.1 Å². The zero-order valence-electron chi connectivity index (χ0n) is 10.8. The number of primary amides is 1. The van der Waals surface area contributed by atoms with Gasteiger partial charge in [0.25, 0.3) is 0 Å². The smallest absolute Gasteiger partial charge is 0.373 e. The summed E-state index contributed by atoms with van der Waals surface area (Å²) in [5.41, 5.74) is 5.17. The van der Waals surface area contributed by atoms with E-state index in [0.717, 1.165) is 0 Å². The summed E-state index contributed by atoms with van der Waals surface area (Å²) >= 11 is 0. The lowest BCUT2D eigenvalue weighted by atomic mass is 10.3. The van der Waals surface area contributed by atoms with Gasteiger partial charge in [-0.3, -0.25) is 9.69 Å². The molecule has 100 valence electrons. The number of nitrogens with zero attached hydrogens (tertiary/aromatic N) is 1. The highest BCUT2D eigenvalue weighted by atomic mass is 16.5. The highest BCUT2D eigenvalue weighted by Crippen LogP contribution is 2.13. The SMILES string of the molecule is COC(=O)c1ccc(CN(CC(N)=O)C(C)C)o1. The molecule has 1 aromatic rings. The lowest BCUT2D eigenvalue weighted by molar-refractivity contribution is -0.119. The van der Waals surface area contributed by atoms with Gasteiger partial charge in [-0.05, 0) is 26.0 Å². The average Bonchev–Trinajstić information content (AvgIpc) is 2.75. The molecule has 18 heavy (non-hydrogen) atoms. The Balaban J connectivity index is 2.72. The lowest BCUT2D eigenvalue weighted by Crippen LogP contribution is -2.37. The Hall–Kier alpha value is -1.82. The van der Waals surface area contributed by atoms with Crippen molar-refractivity contribution in [3.8, 4) is 0 Å². The number of furan rings is 1. The molecule has 0 atom stereocenters. The van der Waals surface area contributed by atoms with Gasteiger partial charge in [-0.15, -0.1) is 0 Å². The zero-order chi connectivity index (χ0) is 13.7. The molecular formula is C12H18N2O4. The molecule has 1 aromatic heterocycles. The highest BCUT2D eigenvalue weighted by Gasteiger charge is 2.16. The van der Waals surface area contributed by atoms with E-state index in [1.165, 1.54) is 7.11 Å². The molecule has 0 radical (unpaired) electrons. The van der Waals surface area contributed by atoms with Gasteiger partial charge in [0.15, 0.2) is 0 Å². The minimum absolute atomic E-state index is 0.143. The highest BCUT2D eigenvalue weighted by molar-refractivity contribution is 5.86. The molecule has 0 aliphatic rings. The lowest BCUT2D eigenvalue weighted by Gasteiger charge is -2.23. The van der Waals surface area contributed by atoms with Crippen molar-refractivity contribution in [3.05, 3.63) is 23.7 Å². The summed E-state index contributed by atoms with van der Waals surface area (Å²) in [5.74, 6) is -0.184. The minimum atomic E-state index is -0.521. The van der Waals surface area contributed by atoms with Crippen molar-refractivity contribution in [3.63, 3.8) is 0 Å². The van der Waals surface area contributed by atoms with E-state index in [-0.39, 0.29) is 18.3 Å². The molecule has 1 rings (SSSR count). The topological polar surface area (TPSA) is 85.8 Å². The molecule has 0 fully saturated rings. The van der Waals surface area contributed by atoms with Gasteiger partial charge in [0.05, 0.1) is 20.2 Å². The fourth-order valence-electron chi connectivity index (χ4n) is 1.49. The number of rotatable bonds is 6. The van der Waals surface area contributed by atoms with Crippen molar-refractivity contribution in [2.75, 3.05) is 13.7 Å². The summed E-state index contributed by atoms with van der Waals surface area (Å²) in [4.78, 5) is 24.0. The van der Waals surface area contributed by atoms with Crippen LogP contribution >= 0.6 is 0 Å². The van der Waals surface area contributed by atoms with Crippen molar-refractivity contribution < 1.29 is 18.7 Å². The fraction of sp³-hybridized carbons (Fsp3) is 0.500. The van der Waals surface area contributed by atoms with Crippen LogP contribution in [-0.4, -0.2) is 36.5 Å². The van der Waals surface area contributed by atoms with Crippen molar-refractivity contribution >= 4 is 11.9 Å². The number of carbonyl (C=O) groups excluding carboxylic acids is 2. The molecule has 2 N–H and O–H groups in total. The molecular weight excluding hydrogens is 236 g/mol. The molecule has 0 aliphatic carbocycles. The molecule has 0 unspecified atom stereocenters. The Bertz CT molecular complexity index is 425. The number of methoxy groups -OCH3 is 1. The quantitative estimate of drug-likeness (QED) is 0.757. The van der Waals surface area contributed by atoms with E-state index in [0.29, 0.717) is 12.3 Å². The maximum Gasteiger partial charge on any atom is 0.373 e. The van der Waals surface area contributed by atoms with E-state index >= 15 is 0 Å². The zero-order valence-corrected chi connectivity index (χ0v) is 10.8. The summed E-state index contributed by atoms with van der Waals surface area (Å²) in [6.07, 6.45) is 0.